The van der Waals surface area contributed by atoms with Gasteiger partial charge in [-0.2, -0.15) is 0 Å². The van der Waals surface area contributed by atoms with Crippen LogP contribution >= 0.6 is 39.3 Å². The number of carbonyl (C=O) groups is 1. The van der Waals surface area contributed by atoms with E-state index in [4.69, 9.17) is 21.1 Å². The molecule has 0 radical (unpaired) electrons. The molecule has 2 aromatic carbocycles. The standard InChI is InChI=1S/C18H14BrClN2O3S/c1-24-14-8-10(7-13(19)16(14)25-2)9-15-17(23)22-18(26-15)21-12-5-3-11(20)4-6-12/h3-9H,1-2H3,(H,21,22,23)/b15-9-. The van der Waals surface area contributed by atoms with Gasteiger partial charge in [0, 0.05) is 5.02 Å². The van der Waals surface area contributed by atoms with Gasteiger partial charge in [0.05, 0.1) is 29.3 Å². The van der Waals surface area contributed by atoms with Gasteiger partial charge in [0.2, 0.25) is 0 Å². The van der Waals surface area contributed by atoms with Gasteiger partial charge >= 0.3 is 0 Å². The molecule has 2 aromatic rings. The average molecular weight is 454 g/mol. The van der Waals surface area contributed by atoms with Crippen LogP contribution in [0.15, 0.2) is 50.8 Å². The van der Waals surface area contributed by atoms with E-state index in [1.54, 1.807) is 50.6 Å². The molecule has 5 nitrogen and oxygen atoms in total. The third-order valence-corrected chi connectivity index (χ3v) is 5.21. The lowest BCUT2D eigenvalue weighted by atomic mass is 10.2. The molecule has 26 heavy (non-hydrogen) atoms. The molecular formula is C18H14BrClN2O3S. The number of nitrogens with one attached hydrogen (secondary N) is 1. The summed E-state index contributed by atoms with van der Waals surface area (Å²) in [5, 5.41) is 3.91. The lowest BCUT2D eigenvalue weighted by molar-refractivity contribution is -0.115. The quantitative estimate of drug-likeness (QED) is 0.661. The van der Waals surface area contributed by atoms with Crippen LogP contribution in [0, 0.1) is 0 Å². The number of amides is 1. The predicted molar refractivity (Wildman–Crippen MR) is 110 cm³/mol. The van der Waals surface area contributed by atoms with Gasteiger partial charge < -0.3 is 14.8 Å². The van der Waals surface area contributed by atoms with E-state index < -0.39 is 0 Å². The van der Waals surface area contributed by atoms with E-state index >= 15 is 0 Å². The fourth-order valence-electron chi connectivity index (χ4n) is 2.29. The molecule has 3 rings (SSSR count). The van der Waals surface area contributed by atoms with Crippen LogP contribution in [0.5, 0.6) is 11.5 Å². The highest BCUT2D eigenvalue weighted by Gasteiger charge is 2.24. The Morgan fingerprint density at radius 3 is 2.58 bits per heavy atom. The number of benzene rings is 2. The molecule has 0 spiro atoms. The molecule has 134 valence electrons. The number of thioether (sulfide) groups is 1. The van der Waals surface area contributed by atoms with E-state index in [2.05, 4.69) is 26.2 Å². The first-order valence-electron chi connectivity index (χ1n) is 7.47. The Balaban J connectivity index is 1.87. The Kier molecular flexibility index (Phi) is 5.90. The molecule has 0 saturated carbocycles. The lowest BCUT2D eigenvalue weighted by Crippen LogP contribution is -2.19. The fraction of sp³-hybridized carbons (Fsp3) is 0.111. The number of hydrogen-bond donors (Lipinski definition) is 1. The minimum absolute atomic E-state index is 0.200. The largest absolute Gasteiger partial charge is 0.493 e. The van der Waals surface area contributed by atoms with Crippen LogP contribution in [0.2, 0.25) is 5.02 Å². The molecule has 1 saturated heterocycles. The minimum Gasteiger partial charge on any atom is -0.493 e. The Morgan fingerprint density at radius 2 is 1.92 bits per heavy atom. The fourth-order valence-corrected chi connectivity index (χ4v) is 3.88. The van der Waals surface area contributed by atoms with Gasteiger partial charge in [-0.1, -0.05) is 11.6 Å². The van der Waals surface area contributed by atoms with Crippen LogP contribution in [0.25, 0.3) is 6.08 Å². The van der Waals surface area contributed by atoms with Crippen LogP contribution in [0.1, 0.15) is 5.56 Å². The molecule has 0 atom stereocenters. The monoisotopic (exact) mass is 452 g/mol. The molecule has 8 heteroatoms. The first-order valence-corrected chi connectivity index (χ1v) is 9.45. The van der Waals surface area contributed by atoms with Crippen LogP contribution in [-0.2, 0) is 4.79 Å². The van der Waals surface area contributed by atoms with Gasteiger partial charge in [0.1, 0.15) is 0 Å². The van der Waals surface area contributed by atoms with E-state index in [1.807, 2.05) is 6.07 Å². The summed E-state index contributed by atoms with van der Waals surface area (Å²) in [4.78, 5) is 17.2. The van der Waals surface area contributed by atoms with Crippen molar-refractivity contribution in [1.29, 1.82) is 0 Å². The SMILES string of the molecule is COc1cc(/C=C2\SC(=Nc3ccc(Cl)cc3)NC2=O)cc(Br)c1OC. The third kappa shape index (κ3) is 4.23. The number of amidine groups is 1. The van der Waals surface area contributed by atoms with E-state index in [0.717, 1.165) is 10.0 Å². The smallest absolute Gasteiger partial charge is 0.264 e. The molecule has 1 aliphatic heterocycles. The van der Waals surface area contributed by atoms with Crippen molar-refractivity contribution in [1.82, 2.24) is 5.32 Å². The summed E-state index contributed by atoms with van der Waals surface area (Å²) < 4.78 is 11.4. The number of methoxy groups -OCH3 is 2. The number of halogens is 2. The number of carbonyl (C=O) groups excluding carboxylic acids is 1. The molecule has 0 bridgehead atoms. The molecule has 1 heterocycles. The van der Waals surface area contributed by atoms with Crippen molar-refractivity contribution in [2.45, 2.75) is 0 Å². The summed E-state index contributed by atoms with van der Waals surface area (Å²) in [6.07, 6.45) is 1.77. The van der Waals surface area contributed by atoms with Crippen molar-refractivity contribution < 1.29 is 14.3 Å². The molecule has 1 amide bonds. The van der Waals surface area contributed by atoms with Gasteiger partial charge in [0.15, 0.2) is 16.7 Å². The van der Waals surface area contributed by atoms with E-state index in [9.17, 15) is 4.79 Å². The molecule has 1 fully saturated rings. The van der Waals surface area contributed by atoms with Crippen LogP contribution < -0.4 is 14.8 Å². The van der Waals surface area contributed by atoms with Gasteiger partial charge in [0.25, 0.3) is 5.91 Å². The average Bonchev–Trinajstić information content (AvgIpc) is 2.95. The van der Waals surface area contributed by atoms with Crippen LogP contribution in [-0.4, -0.2) is 25.3 Å². The van der Waals surface area contributed by atoms with Crippen molar-refractivity contribution >= 4 is 62.1 Å². The second-order valence-electron chi connectivity index (χ2n) is 5.20. The minimum atomic E-state index is -0.200. The van der Waals surface area contributed by atoms with Gasteiger partial charge in [-0.05, 0) is 75.7 Å². The Hall–Kier alpha value is -1.96. The number of hydrogen-bond acceptors (Lipinski definition) is 5. The molecule has 0 aliphatic carbocycles. The zero-order valence-corrected chi connectivity index (χ0v) is 17.0. The highest BCUT2D eigenvalue weighted by molar-refractivity contribution is 9.10. The second kappa shape index (κ2) is 8.16. The third-order valence-electron chi connectivity index (χ3n) is 3.46. The molecular weight excluding hydrogens is 440 g/mol. The Labute approximate surface area is 168 Å². The number of nitrogens with zero attached hydrogens (tertiary/aromatic N) is 1. The zero-order chi connectivity index (χ0) is 18.7. The zero-order valence-electron chi connectivity index (χ0n) is 13.9. The molecule has 1 aliphatic rings. The summed E-state index contributed by atoms with van der Waals surface area (Å²) in [6, 6.07) is 10.7. The van der Waals surface area contributed by atoms with E-state index in [-0.39, 0.29) is 5.91 Å². The molecule has 1 N–H and O–H groups in total. The number of ether oxygens (including phenoxy) is 2. The van der Waals surface area contributed by atoms with Gasteiger partial charge in [-0.25, -0.2) is 4.99 Å². The highest BCUT2D eigenvalue weighted by Crippen LogP contribution is 2.38. The number of rotatable bonds is 4. The summed E-state index contributed by atoms with van der Waals surface area (Å²) in [7, 11) is 3.13. The number of aliphatic imine (C=N–C) groups is 1. The van der Waals surface area contributed by atoms with Gasteiger partial charge in [-0.15, -0.1) is 0 Å². The maximum atomic E-state index is 12.2. The first kappa shape index (κ1) is 18.8. The van der Waals surface area contributed by atoms with Crippen molar-refractivity contribution in [2.75, 3.05) is 14.2 Å². The maximum absolute atomic E-state index is 12.2. The van der Waals surface area contributed by atoms with E-state index in [0.29, 0.717) is 32.3 Å². The van der Waals surface area contributed by atoms with Crippen molar-refractivity contribution in [3.05, 3.63) is 56.4 Å². The van der Waals surface area contributed by atoms with E-state index in [1.165, 1.54) is 11.8 Å². The van der Waals surface area contributed by atoms with Crippen molar-refractivity contribution in [2.24, 2.45) is 4.99 Å². The molecule has 0 unspecified atom stereocenters. The molecule has 0 aromatic heterocycles. The summed E-state index contributed by atoms with van der Waals surface area (Å²) in [5.41, 5.74) is 1.52. The Morgan fingerprint density at radius 1 is 1.19 bits per heavy atom. The second-order valence-corrected chi connectivity index (χ2v) is 7.52. The topological polar surface area (TPSA) is 59.9 Å². The predicted octanol–water partition coefficient (Wildman–Crippen LogP) is 5.01. The summed E-state index contributed by atoms with van der Waals surface area (Å²) >= 11 is 10.6. The first-order chi connectivity index (χ1) is 12.5. The van der Waals surface area contributed by atoms with Crippen LogP contribution in [0.3, 0.4) is 0 Å². The summed E-state index contributed by atoms with van der Waals surface area (Å²) in [5.74, 6) is 0.976. The van der Waals surface area contributed by atoms with Gasteiger partial charge in [-0.3, -0.25) is 4.79 Å². The highest BCUT2D eigenvalue weighted by atomic mass is 79.9. The maximum Gasteiger partial charge on any atom is 0.264 e. The lowest BCUT2D eigenvalue weighted by Gasteiger charge is -2.10. The summed E-state index contributed by atoms with van der Waals surface area (Å²) in [6.45, 7) is 0. The normalized spacial score (nSPS) is 16.8. The van der Waals surface area contributed by atoms with Crippen molar-refractivity contribution in [3.63, 3.8) is 0 Å². The van der Waals surface area contributed by atoms with Crippen LogP contribution in [0.4, 0.5) is 5.69 Å². The Bertz CT molecular complexity index is 913. The van der Waals surface area contributed by atoms with Crippen molar-refractivity contribution in [3.8, 4) is 11.5 Å².